The first-order valence-electron chi connectivity index (χ1n) is 5.30. The Bertz CT molecular complexity index is 282. The number of para-hydroxylation sites is 2. The summed E-state index contributed by atoms with van der Waals surface area (Å²) in [6, 6.07) is 6.92. The van der Waals surface area contributed by atoms with Gasteiger partial charge < -0.3 is 14.6 Å². The molecule has 1 aliphatic heterocycles. The summed E-state index contributed by atoms with van der Waals surface area (Å²) in [7, 11) is 0. The molecular formula is C12H18O3. The van der Waals surface area contributed by atoms with E-state index in [1.54, 1.807) is 18.2 Å². The van der Waals surface area contributed by atoms with Gasteiger partial charge in [0.1, 0.15) is 12.7 Å². The lowest BCUT2D eigenvalue weighted by molar-refractivity contribution is 0.254. The average Bonchev–Trinajstić information content (AvgIpc) is 3.02. The van der Waals surface area contributed by atoms with Gasteiger partial charge in [-0.25, -0.2) is 0 Å². The monoisotopic (exact) mass is 210 g/mol. The van der Waals surface area contributed by atoms with Crippen molar-refractivity contribution in [2.45, 2.75) is 26.4 Å². The van der Waals surface area contributed by atoms with Gasteiger partial charge in [-0.05, 0) is 12.1 Å². The molecule has 1 fully saturated rings. The van der Waals surface area contributed by atoms with Crippen LogP contribution >= 0.6 is 0 Å². The molecule has 1 heterocycles. The predicted octanol–water partition coefficient (Wildman–Crippen LogP) is 2.59. The maximum atomic E-state index is 9.28. The first kappa shape index (κ1) is 11.9. The molecule has 0 radical (unpaired) electrons. The van der Waals surface area contributed by atoms with Crippen molar-refractivity contribution in [3.63, 3.8) is 0 Å². The molecule has 1 atom stereocenters. The summed E-state index contributed by atoms with van der Waals surface area (Å²) in [5.41, 5.74) is 0. The third-order valence-corrected chi connectivity index (χ3v) is 1.69. The summed E-state index contributed by atoms with van der Waals surface area (Å²) >= 11 is 0. The van der Waals surface area contributed by atoms with Crippen molar-refractivity contribution in [1.29, 1.82) is 0 Å². The number of phenols is 1. The van der Waals surface area contributed by atoms with E-state index in [0.717, 1.165) is 6.61 Å². The molecule has 1 N–H and O–H groups in total. The summed E-state index contributed by atoms with van der Waals surface area (Å²) < 4.78 is 10.2. The molecule has 1 aliphatic rings. The van der Waals surface area contributed by atoms with E-state index in [9.17, 15) is 5.11 Å². The number of phenolic OH excluding ortho intramolecular Hbond substituents is 1. The number of benzene rings is 1. The van der Waals surface area contributed by atoms with Crippen molar-refractivity contribution in [3.8, 4) is 11.5 Å². The first-order chi connectivity index (χ1) is 7.27. The Hall–Kier alpha value is -1.22. The summed E-state index contributed by atoms with van der Waals surface area (Å²) in [6.45, 7) is 5.55. The summed E-state index contributed by atoms with van der Waals surface area (Å²) in [4.78, 5) is 0. The van der Waals surface area contributed by atoms with Gasteiger partial charge in [-0.1, -0.05) is 32.4 Å². The lowest BCUT2D eigenvalue weighted by Crippen LogP contribution is -2.03. The molecule has 1 aromatic rings. The SMILES string of the molecule is CCC.Oc1ccccc1OCC1CO1. The van der Waals surface area contributed by atoms with E-state index in [-0.39, 0.29) is 11.9 Å². The van der Waals surface area contributed by atoms with E-state index in [1.165, 1.54) is 6.42 Å². The van der Waals surface area contributed by atoms with Crippen LogP contribution in [0.15, 0.2) is 24.3 Å². The molecule has 0 aromatic heterocycles. The van der Waals surface area contributed by atoms with Gasteiger partial charge in [-0.15, -0.1) is 0 Å². The highest BCUT2D eigenvalue weighted by molar-refractivity contribution is 5.37. The van der Waals surface area contributed by atoms with Gasteiger partial charge in [-0.2, -0.15) is 0 Å². The summed E-state index contributed by atoms with van der Waals surface area (Å²) in [5, 5.41) is 9.28. The molecule has 84 valence electrons. The molecular weight excluding hydrogens is 192 g/mol. The molecule has 1 saturated heterocycles. The minimum atomic E-state index is 0.179. The van der Waals surface area contributed by atoms with E-state index in [1.807, 2.05) is 6.07 Å². The molecule has 3 nitrogen and oxygen atoms in total. The number of hydrogen-bond acceptors (Lipinski definition) is 3. The maximum Gasteiger partial charge on any atom is 0.161 e. The van der Waals surface area contributed by atoms with Crippen LogP contribution in [0.2, 0.25) is 0 Å². The Balaban J connectivity index is 0.000000337. The third kappa shape index (κ3) is 4.70. The predicted molar refractivity (Wildman–Crippen MR) is 59.3 cm³/mol. The lowest BCUT2D eigenvalue weighted by atomic mass is 10.3. The van der Waals surface area contributed by atoms with Crippen LogP contribution in [0, 0.1) is 0 Å². The van der Waals surface area contributed by atoms with Crippen LogP contribution in [-0.2, 0) is 4.74 Å². The Kier molecular flexibility index (Phi) is 4.98. The van der Waals surface area contributed by atoms with Crippen molar-refractivity contribution in [2.75, 3.05) is 13.2 Å². The normalized spacial score (nSPS) is 17.6. The smallest absolute Gasteiger partial charge is 0.161 e. The summed E-state index contributed by atoms with van der Waals surface area (Å²) in [6.07, 6.45) is 1.48. The van der Waals surface area contributed by atoms with Crippen LogP contribution in [0.3, 0.4) is 0 Å². The Morgan fingerprint density at radius 1 is 1.40 bits per heavy atom. The zero-order valence-electron chi connectivity index (χ0n) is 9.27. The van der Waals surface area contributed by atoms with Gasteiger partial charge in [0.05, 0.1) is 6.61 Å². The third-order valence-electron chi connectivity index (χ3n) is 1.69. The number of aromatic hydroxyl groups is 1. The largest absolute Gasteiger partial charge is 0.504 e. The maximum absolute atomic E-state index is 9.28. The van der Waals surface area contributed by atoms with Crippen molar-refractivity contribution >= 4 is 0 Å². The van der Waals surface area contributed by atoms with Crippen LogP contribution in [0.5, 0.6) is 11.5 Å². The fourth-order valence-corrected chi connectivity index (χ4v) is 0.926. The van der Waals surface area contributed by atoms with Gasteiger partial charge in [0.25, 0.3) is 0 Å². The second kappa shape index (κ2) is 6.30. The molecule has 3 heteroatoms. The number of rotatable bonds is 3. The second-order valence-corrected chi connectivity index (χ2v) is 3.44. The van der Waals surface area contributed by atoms with Crippen molar-refractivity contribution < 1.29 is 14.6 Å². The molecule has 0 amide bonds. The molecule has 15 heavy (non-hydrogen) atoms. The fraction of sp³-hybridized carbons (Fsp3) is 0.500. The van der Waals surface area contributed by atoms with Crippen LogP contribution < -0.4 is 4.74 Å². The van der Waals surface area contributed by atoms with E-state index in [0.29, 0.717) is 12.4 Å². The average molecular weight is 210 g/mol. The van der Waals surface area contributed by atoms with Gasteiger partial charge in [-0.3, -0.25) is 0 Å². The van der Waals surface area contributed by atoms with Gasteiger partial charge in [0.2, 0.25) is 0 Å². The minimum absolute atomic E-state index is 0.179. The van der Waals surface area contributed by atoms with Crippen LogP contribution in [0.4, 0.5) is 0 Å². The zero-order chi connectivity index (χ0) is 11.1. The van der Waals surface area contributed by atoms with Crippen molar-refractivity contribution in [3.05, 3.63) is 24.3 Å². The highest BCUT2D eigenvalue weighted by Crippen LogP contribution is 2.25. The number of epoxide rings is 1. The van der Waals surface area contributed by atoms with E-state index >= 15 is 0 Å². The molecule has 1 unspecified atom stereocenters. The Morgan fingerprint density at radius 2 is 2.00 bits per heavy atom. The standard InChI is InChI=1S/C9H10O3.C3H8/c10-8-3-1-2-4-9(8)12-6-7-5-11-7;1-3-2/h1-4,7,10H,5-6H2;3H2,1-2H3. The van der Waals surface area contributed by atoms with E-state index in [4.69, 9.17) is 9.47 Å². The Labute approximate surface area is 90.6 Å². The molecule has 0 aliphatic carbocycles. The second-order valence-electron chi connectivity index (χ2n) is 3.44. The minimum Gasteiger partial charge on any atom is -0.504 e. The van der Waals surface area contributed by atoms with E-state index < -0.39 is 0 Å². The molecule has 0 spiro atoms. The first-order valence-corrected chi connectivity index (χ1v) is 5.30. The van der Waals surface area contributed by atoms with Crippen molar-refractivity contribution in [2.24, 2.45) is 0 Å². The zero-order valence-corrected chi connectivity index (χ0v) is 9.27. The van der Waals surface area contributed by atoms with Crippen LogP contribution in [-0.4, -0.2) is 24.4 Å². The summed E-state index contributed by atoms with van der Waals surface area (Å²) in [5.74, 6) is 0.700. The van der Waals surface area contributed by atoms with Gasteiger partial charge in [0.15, 0.2) is 11.5 Å². The fourth-order valence-electron chi connectivity index (χ4n) is 0.926. The van der Waals surface area contributed by atoms with Crippen LogP contribution in [0.25, 0.3) is 0 Å². The Morgan fingerprint density at radius 3 is 2.53 bits per heavy atom. The highest BCUT2D eigenvalue weighted by atomic mass is 16.6. The van der Waals surface area contributed by atoms with E-state index in [2.05, 4.69) is 13.8 Å². The molecule has 0 saturated carbocycles. The number of hydrogen-bond donors (Lipinski definition) is 1. The molecule has 0 bridgehead atoms. The molecule has 2 rings (SSSR count). The lowest BCUT2D eigenvalue weighted by Gasteiger charge is -2.04. The van der Waals surface area contributed by atoms with Crippen LogP contribution in [0.1, 0.15) is 20.3 Å². The van der Waals surface area contributed by atoms with Gasteiger partial charge in [0, 0.05) is 0 Å². The number of ether oxygens (including phenoxy) is 2. The highest BCUT2D eigenvalue weighted by Gasteiger charge is 2.23. The van der Waals surface area contributed by atoms with Gasteiger partial charge >= 0.3 is 0 Å². The quantitative estimate of drug-likeness (QED) is 0.780. The topological polar surface area (TPSA) is 42.0 Å². The molecule has 1 aromatic carbocycles. The van der Waals surface area contributed by atoms with Crippen molar-refractivity contribution in [1.82, 2.24) is 0 Å².